The molecule has 2 aromatic rings. The first-order chi connectivity index (χ1) is 9.58. The van der Waals surface area contributed by atoms with Gasteiger partial charge in [0.05, 0.1) is 5.38 Å². The highest BCUT2D eigenvalue weighted by Crippen LogP contribution is 2.18. The van der Waals surface area contributed by atoms with E-state index in [1.165, 1.54) is 18.3 Å². The number of benzene rings is 1. The number of hydrogen-bond acceptors (Lipinski definition) is 4. The monoisotopic (exact) mass is 290 g/mol. The van der Waals surface area contributed by atoms with Crippen molar-refractivity contribution in [2.45, 2.75) is 26.5 Å². The number of Topliss-reactive ketones (excluding diaryl/α,β-unsaturated/α-hetero) is 1. The van der Waals surface area contributed by atoms with Crippen LogP contribution in [0.5, 0.6) is 0 Å². The molecule has 0 aliphatic carbocycles. The zero-order valence-corrected chi connectivity index (χ0v) is 12.2. The maximum atomic E-state index is 12.2. The van der Waals surface area contributed by atoms with Crippen LogP contribution >= 0.6 is 11.3 Å². The molecule has 2 rings (SSSR count). The van der Waals surface area contributed by atoms with E-state index in [0.29, 0.717) is 5.56 Å². The lowest BCUT2D eigenvalue weighted by Gasteiger charge is -2.07. The molecule has 0 bridgehead atoms. The molecule has 0 aliphatic heterocycles. The van der Waals surface area contributed by atoms with Crippen LogP contribution in [-0.2, 0) is 16.1 Å². The molecule has 0 amide bonds. The van der Waals surface area contributed by atoms with Crippen LogP contribution in [0.1, 0.15) is 35.3 Å². The van der Waals surface area contributed by atoms with Gasteiger partial charge in [0.1, 0.15) is 0 Å². The highest BCUT2D eigenvalue weighted by atomic mass is 32.1. The number of nitrogens with zero attached hydrogens (tertiary/aromatic N) is 1. The van der Waals surface area contributed by atoms with E-state index in [2.05, 4.69) is 0 Å². The molecule has 0 saturated heterocycles. The summed E-state index contributed by atoms with van der Waals surface area (Å²) in [5.74, 6) is -0.294. The van der Waals surface area contributed by atoms with Crippen LogP contribution in [-0.4, -0.2) is 11.8 Å². The first-order valence-corrected chi connectivity index (χ1v) is 7.18. The molecule has 5 heteroatoms. The lowest BCUT2D eigenvalue weighted by molar-refractivity contribution is -0.688. The average molecular weight is 290 g/mol. The van der Waals surface area contributed by atoms with Crippen molar-refractivity contribution in [3.05, 3.63) is 52.5 Å². The third-order valence-corrected chi connectivity index (χ3v) is 3.88. The van der Waals surface area contributed by atoms with E-state index >= 15 is 0 Å². The average Bonchev–Trinajstić information content (AvgIpc) is 2.87. The van der Waals surface area contributed by atoms with Crippen LogP contribution in [0.25, 0.3) is 0 Å². The Bertz CT molecular complexity index is 607. The van der Waals surface area contributed by atoms with Crippen LogP contribution < -0.4 is 4.57 Å². The molecule has 0 fully saturated rings. The molecule has 1 aromatic carbocycles. The minimum Gasteiger partial charge on any atom is -0.450 e. The second kappa shape index (κ2) is 6.43. The maximum Gasteiger partial charge on any atom is 0.303 e. The lowest BCUT2D eigenvalue weighted by Crippen LogP contribution is -2.40. The molecule has 0 aliphatic rings. The maximum absolute atomic E-state index is 12.2. The minimum atomic E-state index is -0.351. The minimum absolute atomic E-state index is 0.0327. The van der Waals surface area contributed by atoms with Crippen LogP contribution in [0, 0.1) is 0 Å². The number of carbonyl (C=O) groups is 2. The molecule has 0 radical (unpaired) electrons. The van der Waals surface area contributed by atoms with Crippen LogP contribution in [0.15, 0.2) is 41.9 Å². The predicted molar refractivity (Wildman–Crippen MR) is 75.5 cm³/mol. The molecule has 0 saturated carbocycles. The summed E-state index contributed by atoms with van der Waals surface area (Å²) >= 11 is 1.47. The molecule has 20 heavy (non-hydrogen) atoms. The van der Waals surface area contributed by atoms with Crippen molar-refractivity contribution in [2.75, 3.05) is 0 Å². The zero-order chi connectivity index (χ0) is 14.5. The molecule has 0 N–H and O–H groups in total. The van der Waals surface area contributed by atoms with Crippen LogP contribution in [0.4, 0.5) is 0 Å². The van der Waals surface area contributed by atoms with E-state index in [0.717, 1.165) is 5.01 Å². The number of thiazole rings is 1. The Kier molecular flexibility index (Phi) is 4.63. The molecule has 1 atom stereocenters. The van der Waals surface area contributed by atoms with Gasteiger partial charge in [-0.2, -0.15) is 4.57 Å². The number of esters is 1. The number of ether oxygens (including phenoxy) is 1. The fourth-order valence-electron chi connectivity index (χ4n) is 1.94. The van der Waals surface area contributed by atoms with Crippen molar-refractivity contribution in [1.29, 1.82) is 0 Å². The summed E-state index contributed by atoms with van der Waals surface area (Å²) in [5, 5.41) is 2.73. The number of hydrogen-bond donors (Lipinski definition) is 0. The fourth-order valence-corrected chi connectivity index (χ4v) is 2.79. The van der Waals surface area contributed by atoms with Gasteiger partial charge in [-0.15, -0.1) is 0 Å². The van der Waals surface area contributed by atoms with Crippen molar-refractivity contribution in [3.8, 4) is 0 Å². The largest absolute Gasteiger partial charge is 0.450 e. The van der Waals surface area contributed by atoms with Gasteiger partial charge in [0.15, 0.2) is 12.3 Å². The molecule has 1 heterocycles. The number of aromatic nitrogens is 1. The Balaban J connectivity index is 2.13. The van der Waals surface area contributed by atoms with E-state index in [-0.39, 0.29) is 24.4 Å². The molecular formula is C15H16NO3S+. The third-order valence-electron chi connectivity index (χ3n) is 2.81. The third kappa shape index (κ3) is 3.51. The van der Waals surface area contributed by atoms with Crippen molar-refractivity contribution < 1.29 is 18.9 Å². The number of carbonyl (C=O) groups excluding carboxylic acids is 2. The predicted octanol–water partition coefficient (Wildman–Crippen LogP) is 2.54. The first kappa shape index (κ1) is 14.4. The molecule has 1 unspecified atom stereocenters. The van der Waals surface area contributed by atoms with Crippen LogP contribution in [0.2, 0.25) is 0 Å². The van der Waals surface area contributed by atoms with E-state index in [1.54, 1.807) is 19.1 Å². The van der Waals surface area contributed by atoms with Gasteiger partial charge in [0.25, 0.3) is 5.01 Å². The fraction of sp³-hybridized carbons (Fsp3) is 0.267. The summed E-state index contributed by atoms with van der Waals surface area (Å²) in [5.41, 5.74) is 0.678. The Labute approximate surface area is 121 Å². The molecular weight excluding hydrogens is 274 g/mol. The Morgan fingerprint density at radius 2 is 2.00 bits per heavy atom. The summed E-state index contributed by atoms with van der Waals surface area (Å²) in [6.07, 6.45) is 1.48. The van der Waals surface area contributed by atoms with Gasteiger partial charge in [0.2, 0.25) is 12.3 Å². The quantitative estimate of drug-likeness (QED) is 0.483. The van der Waals surface area contributed by atoms with Gasteiger partial charge in [-0.1, -0.05) is 41.7 Å². The number of rotatable bonds is 5. The van der Waals surface area contributed by atoms with Gasteiger partial charge < -0.3 is 4.74 Å². The molecule has 104 valence electrons. The highest BCUT2D eigenvalue weighted by molar-refractivity contribution is 7.09. The van der Waals surface area contributed by atoms with E-state index in [1.807, 2.05) is 34.3 Å². The van der Waals surface area contributed by atoms with E-state index in [9.17, 15) is 9.59 Å². The zero-order valence-electron chi connectivity index (χ0n) is 11.4. The lowest BCUT2D eigenvalue weighted by atomic mass is 10.1. The summed E-state index contributed by atoms with van der Waals surface area (Å²) in [6, 6.07) is 9.15. The summed E-state index contributed by atoms with van der Waals surface area (Å²) in [7, 11) is 0. The Morgan fingerprint density at radius 3 is 2.65 bits per heavy atom. The van der Waals surface area contributed by atoms with Crippen molar-refractivity contribution in [1.82, 2.24) is 0 Å². The molecule has 0 spiro atoms. The van der Waals surface area contributed by atoms with Crippen molar-refractivity contribution in [3.63, 3.8) is 0 Å². The normalized spacial score (nSPS) is 11.9. The Morgan fingerprint density at radius 1 is 1.30 bits per heavy atom. The summed E-state index contributed by atoms with van der Waals surface area (Å²) in [4.78, 5) is 23.2. The molecule has 1 aromatic heterocycles. The van der Waals surface area contributed by atoms with E-state index < -0.39 is 0 Å². The second-order valence-electron chi connectivity index (χ2n) is 4.41. The number of ketones is 1. The van der Waals surface area contributed by atoms with Crippen molar-refractivity contribution in [2.24, 2.45) is 0 Å². The van der Waals surface area contributed by atoms with Gasteiger partial charge in [0, 0.05) is 12.5 Å². The van der Waals surface area contributed by atoms with Gasteiger partial charge in [-0.05, 0) is 6.92 Å². The van der Waals surface area contributed by atoms with Crippen LogP contribution in [0.3, 0.4) is 0 Å². The standard InChI is InChI=1S/C15H16NO3S/c1-11(19-12(2)17)15-16(8-9-20-15)10-14(18)13-6-4-3-5-7-13/h3-9,11H,10H2,1-2H3/q+1. The van der Waals surface area contributed by atoms with Gasteiger partial charge in [-0.25, -0.2) is 0 Å². The first-order valence-electron chi connectivity index (χ1n) is 6.30. The van der Waals surface area contributed by atoms with Gasteiger partial charge >= 0.3 is 5.97 Å². The highest BCUT2D eigenvalue weighted by Gasteiger charge is 2.24. The smallest absolute Gasteiger partial charge is 0.303 e. The Hall–Kier alpha value is -2.01. The van der Waals surface area contributed by atoms with Gasteiger partial charge in [-0.3, -0.25) is 9.59 Å². The summed E-state index contributed by atoms with van der Waals surface area (Å²) < 4.78 is 6.99. The molecule has 4 nitrogen and oxygen atoms in total. The summed E-state index contributed by atoms with van der Waals surface area (Å²) in [6.45, 7) is 3.43. The SMILES string of the molecule is CC(=O)OC(C)c1scc[n+]1CC(=O)c1ccccc1. The van der Waals surface area contributed by atoms with E-state index in [4.69, 9.17) is 4.74 Å². The second-order valence-corrected chi connectivity index (χ2v) is 5.34. The topological polar surface area (TPSA) is 47.2 Å². The van der Waals surface area contributed by atoms with Crippen molar-refractivity contribution >= 4 is 23.1 Å².